The van der Waals surface area contributed by atoms with Gasteiger partial charge in [-0.25, -0.2) is 0 Å². The molecular formula is C11H9N3O2. The van der Waals surface area contributed by atoms with Crippen LogP contribution in [0.2, 0.25) is 0 Å². The molecular weight excluding hydrogens is 206 g/mol. The van der Waals surface area contributed by atoms with Crippen molar-refractivity contribution in [3.05, 3.63) is 64.5 Å². The maximum Gasteiger partial charge on any atom is 0.251 e. The van der Waals surface area contributed by atoms with E-state index in [4.69, 9.17) is 0 Å². The number of rotatable bonds is 2. The molecule has 5 nitrogen and oxygen atoms in total. The Hall–Kier alpha value is -2.43. The molecule has 2 aromatic rings. The van der Waals surface area contributed by atoms with Crippen molar-refractivity contribution in [2.24, 2.45) is 0 Å². The van der Waals surface area contributed by atoms with Crippen molar-refractivity contribution in [3.8, 4) is 0 Å². The second kappa shape index (κ2) is 4.39. The number of nitrogens with zero attached hydrogens (tertiary/aromatic N) is 3. The highest BCUT2D eigenvalue weighted by Gasteiger charge is 1.96. The van der Waals surface area contributed by atoms with Crippen LogP contribution in [0.25, 0.3) is 12.2 Å². The first kappa shape index (κ1) is 10.1. The molecule has 2 aromatic heterocycles. The van der Waals surface area contributed by atoms with Gasteiger partial charge in [-0.1, -0.05) is 6.08 Å². The fraction of sp³-hybridized carbons (Fsp3) is 0. The highest BCUT2D eigenvalue weighted by Crippen LogP contribution is 2.04. The summed E-state index contributed by atoms with van der Waals surface area (Å²) < 4.78 is 1.21. The van der Waals surface area contributed by atoms with Crippen LogP contribution in [0.15, 0.2) is 43.1 Å². The van der Waals surface area contributed by atoms with Crippen molar-refractivity contribution in [1.29, 1.82) is 0 Å². The van der Waals surface area contributed by atoms with Gasteiger partial charge in [0.1, 0.15) is 5.69 Å². The molecule has 0 unspecified atom stereocenters. The predicted molar refractivity (Wildman–Crippen MR) is 59.7 cm³/mol. The van der Waals surface area contributed by atoms with Crippen LogP contribution >= 0.6 is 0 Å². The molecule has 0 spiro atoms. The van der Waals surface area contributed by atoms with Gasteiger partial charge in [0, 0.05) is 17.3 Å². The van der Waals surface area contributed by atoms with Gasteiger partial charge in [-0.2, -0.15) is 0 Å². The van der Waals surface area contributed by atoms with Gasteiger partial charge in [0.25, 0.3) is 6.20 Å². The summed E-state index contributed by atoms with van der Waals surface area (Å²) >= 11 is 0. The van der Waals surface area contributed by atoms with Crippen LogP contribution in [-0.2, 0) is 0 Å². The smallest absolute Gasteiger partial charge is 0.251 e. The predicted octanol–water partition coefficient (Wildman–Crippen LogP) is 1.31. The van der Waals surface area contributed by atoms with Crippen LogP contribution < -0.4 is 4.43 Å². The lowest BCUT2D eigenvalue weighted by molar-refractivity contribution is -0.495. The zero-order valence-electron chi connectivity index (χ0n) is 8.35. The van der Waals surface area contributed by atoms with E-state index in [9.17, 15) is 10.1 Å². The largest absolute Gasteiger partial charge is 0.805 e. The molecule has 0 saturated carbocycles. The van der Waals surface area contributed by atoms with Crippen molar-refractivity contribution in [2.45, 2.75) is 0 Å². The minimum Gasteiger partial charge on any atom is -0.805 e. The summed E-state index contributed by atoms with van der Waals surface area (Å²) in [6, 6.07) is 3.61. The zero-order valence-corrected chi connectivity index (χ0v) is 8.35. The van der Waals surface area contributed by atoms with Crippen molar-refractivity contribution < 1.29 is 4.43 Å². The minimum absolute atomic E-state index is 0.286. The highest BCUT2D eigenvalue weighted by molar-refractivity contribution is 5.67. The Kier molecular flexibility index (Phi) is 2.77. The SMILES string of the molecule is O=[n+]1ccn([O-])c(/C=C/c2ccncc2)c1. The van der Waals surface area contributed by atoms with E-state index in [1.54, 1.807) is 36.7 Å². The van der Waals surface area contributed by atoms with Crippen LogP contribution in [0.4, 0.5) is 0 Å². The summed E-state index contributed by atoms with van der Waals surface area (Å²) in [6.45, 7) is 0. The quantitative estimate of drug-likeness (QED) is 0.709. The van der Waals surface area contributed by atoms with Gasteiger partial charge >= 0.3 is 0 Å². The molecule has 0 radical (unpaired) electrons. The molecule has 80 valence electrons. The average Bonchev–Trinajstić information content (AvgIpc) is 2.32. The Labute approximate surface area is 91.5 Å². The standard InChI is InChI=1S/C11H9N3O2/c15-13-7-8-14(16)11(9-13)2-1-10-3-5-12-6-4-10/h1-9H/b2-1+. The topological polar surface area (TPSA) is 63.9 Å². The van der Waals surface area contributed by atoms with Gasteiger partial charge in [0.2, 0.25) is 6.20 Å². The van der Waals surface area contributed by atoms with Gasteiger partial charge in [0.05, 0.1) is 10.6 Å². The lowest BCUT2D eigenvalue weighted by Crippen LogP contribution is -2.15. The van der Waals surface area contributed by atoms with E-state index in [2.05, 4.69) is 4.98 Å². The Balaban J connectivity index is 2.31. The van der Waals surface area contributed by atoms with Gasteiger partial charge in [-0.3, -0.25) is 4.98 Å². The Morgan fingerprint density at radius 2 is 2.06 bits per heavy atom. The first-order chi connectivity index (χ1) is 7.75. The molecule has 0 N–H and O–H groups in total. The Morgan fingerprint density at radius 3 is 2.81 bits per heavy atom. The van der Waals surface area contributed by atoms with Crippen LogP contribution in [0.3, 0.4) is 0 Å². The monoisotopic (exact) mass is 215 g/mol. The van der Waals surface area contributed by atoms with E-state index in [1.165, 1.54) is 12.4 Å². The maximum atomic E-state index is 11.3. The van der Waals surface area contributed by atoms with E-state index in [1.807, 2.05) is 0 Å². The van der Waals surface area contributed by atoms with Crippen molar-refractivity contribution >= 4 is 12.2 Å². The van der Waals surface area contributed by atoms with Crippen molar-refractivity contribution in [1.82, 2.24) is 9.71 Å². The van der Waals surface area contributed by atoms with E-state index in [-0.39, 0.29) is 5.69 Å². The van der Waals surface area contributed by atoms with Crippen LogP contribution in [0.1, 0.15) is 11.3 Å². The second-order valence-electron chi connectivity index (χ2n) is 3.15. The molecule has 0 amide bonds. The van der Waals surface area contributed by atoms with Gasteiger partial charge in [-0.15, -0.1) is 0 Å². The number of aromatic nitrogens is 3. The van der Waals surface area contributed by atoms with Crippen LogP contribution in [0, 0.1) is 10.1 Å². The third-order valence-corrected chi connectivity index (χ3v) is 2.02. The molecule has 2 rings (SSSR count). The molecule has 0 atom stereocenters. The summed E-state index contributed by atoms with van der Waals surface area (Å²) in [6.07, 6.45) is 10.2. The van der Waals surface area contributed by atoms with E-state index >= 15 is 0 Å². The Morgan fingerprint density at radius 1 is 1.31 bits per heavy atom. The molecule has 2 heterocycles. The van der Waals surface area contributed by atoms with Crippen LogP contribution in [0.5, 0.6) is 0 Å². The maximum absolute atomic E-state index is 11.3. The summed E-state index contributed by atoms with van der Waals surface area (Å²) in [4.78, 5) is 14.9. The molecule has 0 bridgehead atoms. The lowest BCUT2D eigenvalue weighted by atomic mass is 10.2. The van der Waals surface area contributed by atoms with E-state index < -0.39 is 0 Å². The fourth-order valence-corrected chi connectivity index (χ4v) is 1.22. The molecule has 0 aliphatic heterocycles. The van der Waals surface area contributed by atoms with E-state index in [0.717, 1.165) is 11.8 Å². The van der Waals surface area contributed by atoms with E-state index in [0.29, 0.717) is 9.16 Å². The van der Waals surface area contributed by atoms with Crippen molar-refractivity contribution in [3.63, 3.8) is 0 Å². The van der Waals surface area contributed by atoms with Gasteiger partial charge in [0.15, 0.2) is 0 Å². The molecule has 0 fully saturated rings. The lowest BCUT2D eigenvalue weighted by Gasteiger charge is -2.09. The van der Waals surface area contributed by atoms with Gasteiger partial charge < -0.3 is 9.94 Å². The molecule has 16 heavy (non-hydrogen) atoms. The summed E-state index contributed by atoms with van der Waals surface area (Å²) in [7, 11) is 0. The number of hydrogen-bond donors (Lipinski definition) is 0. The van der Waals surface area contributed by atoms with Crippen molar-refractivity contribution in [2.75, 3.05) is 0 Å². The third kappa shape index (κ3) is 2.33. The number of pyridine rings is 1. The normalized spacial score (nSPS) is 10.8. The zero-order chi connectivity index (χ0) is 11.4. The minimum atomic E-state index is 0.286. The third-order valence-electron chi connectivity index (χ3n) is 2.02. The first-order valence-electron chi connectivity index (χ1n) is 4.66. The molecule has 0 saturated heterocycles. The Bertz CT molecular complexity index is 561. The first-order valence-corrected chi connectivity index (χ1v) is 4.66. The average molecular weight is 215 g/mol. The summed E-state index contributed by atoms with van der Waals surface area (Å²) in [5.41, 5.74) is 1.20. The van der Waals surface area contributed by atoms with Crippen LogP contribution in [-0.4, -0.2) is 9.71 Å². The highest BCUT2D eigenvalue weighted by atomic mass is 16.5. The molecule has 0 aromatic carbocycles. The summed E-state index contributed by atoms with van der Waals surface area (Å²) in [5, 5.41) is 11.3. The summed E-state index contributed by atoms with van der Waals surface area (Å²) in [5.74, 6) is 0. The van der Waals surface area contributed by atoms with Gasteiger partial charge in [-0.05, 0) is 23.8 Å². The molecule has 0 aliphatic rings. The fourth-order valence-electron chi connectivity index (χ4n) is 1.22. The molecule has 5 heteroatoms. The second-order valence-corrected chi connectivity index (χ2v) is 3.15. The molecule has 0 aliphatic carbocycles. The number of hydrogen-bond acceptors (Lipinski definition) is 3.